The molecule has 47 heavy (non-hydrogen) atoms. The monoisotopic (exact) mass is 659 g/mol. The van der Waals surface area contributed by atoms with Crippen LogP contribution in [0.15, 0.2) is 91.8 Å². The number of aryl methyl sites for hydroxylation is 1. The molecule has 1 fully saturated rings. The topological polar surface area (TPSA) is 94.1 Å². The second-order valence-corrected chi connectivity index (χ2v) is 11.9. The van der Waals surface area contributed by atoms with Gasteiger partial charge in [0.15, 0.2) is 5.60 Å². The van der Waals surface area contributed by atoms with Gasteiger partial charge in [-0.15, -0.1) is 0 Å². The molecule has 0 aliphatic carbocycles. The number of rotatable bonds is 8. The van der Waals surface area contributed by atoms with Crippen molar-refractivity contribution in [1.82, 2.24) is 29.3 Å². The summed E-state index contributed by atoms with van der Waals surface area (Å²) in [5.74, 6) is 0.744. The van der Waals surface area contributed by atoms with Crippen LogP contribution in [0.4, 0.5) is 19.0 Å². The minimum atomic E-state index is -4.63. The van der Waals surface area contributed by atoms with Gasteiger partial charge in [0.05, 0.1) is 40.5 Å². The van der Waals surface area contributed by atoms with Gasteiger partial charge in [-0.05, 0) is 47.5 Å². The zero-order valence-electron chi connectivity index (χ0n) is 25.4. The van der Waals surface area contributed by atoms with Crippen LogP contribution in [-0.4, -0.2) is 60.7 Å². The van der Waals surface area contributed by atoms with Gasteiger partial charge < -0.3 is 19.3 Å². The second-order valence-electron chi connectivity index (χ2n) is 11.5. The number of aromatic nitrogens is 6. The fraction of sp³-hybridized carbons (Fsp3) is 0.235. The summed E-state index contributed by atoms with van der Waals surface area (Å²) < 4.78 is 49.0. The summed E-state index contributed by atoms with van der Waals surface area (Å²) in [7, 11) is 3.38. The minimum absolute atomic E-state index is 0.0843. The molecular weight excluding hydrogens is 631 g/mol. The molecule has 1 N–H and O–H groups in total. The van der Waals surface area contributed by atoms with E-state index in [2.05, 4.69) is 20.0 Å². The van der Waals surface area contributed by atoms with E-state index in [1.54, 1.807) is 47.8 Å². The molecule has 0 bridgehead atoms. The van der Waals surface area contributed by atoms with Crippen molar-refractivity contribution < 1.29 is 23.0 Å². The smallest absolute Gasteiger partial charge is 0.378 e. The predicted octanol–water partition coefficient (Wildman–Crippen LogP) is 5.93. The minimum Gasteiger partial charge on any atom is -0.378 e. The van der Waals surface area contributed by atoms with Crippen molar-refractivity contribution in [2.75, 3.05) is 25.1 Å². The summed E-state index contributed by atoms with van der Waals surface area (Å²) in [6.45, 7) is 1.33. The van der Waals surface area contributed by atoms with E-state index in [0.29, 0.717) is 46.7 Å². The molecule has 4 aromatic heterocycles. The summed E-state index contributed by atoms with van der Waals surface area (Å²) in [4.78, 5) is 14.9. The van der Waals surface area contributed by atoms with E-state index >= 15 is 0 Å². The number of fused-ring (bicyclic) bond motifs is 1. The van der Waals surface area contributed by atoms with Gasteiger partial charge in [-0.25, -0.2) is 14.6 Å². The third-order valence-corrected chi connectivity index (χ3v) is 9.07. The van der Waals surface area contributed by atoms with Crippen LogP contribution in [0.3, 0.4) is 0 Å². The maximum absolute atomic E-state index is 13.4. The first-order valence-electron chi connectivity index (χ1n) is 14.8. The van der Waals surface area contributed by atoms with E-state index in [0.717, 1.165) is 34.9 Å². The number of imidazole rings is 1. The molecule has 13 heteroatoms. The van der Waals surface area contributed by atoms with Gasteiger partial charge in [0.1, 0.15) is 11.5 Å². The van der Waals surface area contributed by atoms with Gasteiger partial charge in [0, 0.05) is 68.8 Å². The Hall–Kier alpha value is -4.78. The molecule has 1 aliphatic rings. The van der Waals surface area contributed by atoms with Crippen molar-refractivity contribution in [1.29, 1.82) is 0 Å². The van der Waals surface area contributed by atoms with Crippen molar-refractivity contribution >= 4 is 28.3 Å². The number of ether oxygens (including phenoxy) is 1. The number of hydrogen-bond acceptors (Lipinski definition) is 7. The molecule has 2 aromatic carbocycles. The summed E-state index contributed by atoms with van der Waals surface area (Å²) in [6.07, 6.45) is 3.55. The van der Waals surface area contributed by atoms with Gasteiger partial charge in [0.25, 0.3) is 0 Å². The lowest BCUT2D eigenvalue weighted by Gasteiger charge is -2.40. The van der Waals surface area contributed by atoms with Crippen LogP contribution < -0.4 is 4.90 Å². The Balaban J connectivity index is 1.35. The van der Waals surface area contributed by atoms with E-state index in [4.69, 9.17) is 21.3 Å². The maximum Gasteiger partial charge on any atom is 0.433 e. The molecule has 0 radical (unpaired) electrons. The first-order chi connectivity index (χ1) is 22.6. The van der Waals surface area contributed by atoms with Crippen LogP contribution in [0.1, 0.15) is 33.6 Å². The molecule has 1 unspecified atom stereocenters. The molecule has 240 valence electrons. The van der Waals surface area contributed by atoms with Gasteiger partial charge in [-0.3, -0.25) is 4.98 Å². The standard InChI is InChI=1S/C34H29ClF3N7O2/c1-43-20-39-17-30(43)33(46,23-7-11-29(40-16-23)34(36,37)38)22-6-10-28-26(15-22)31(35)27(32(42-28)44-18-25(19-44)47-2)14-21-4-8-24(9-5-21)45-13-3-12-41-45/h3-13,15-17,20,25,46H,14,18-19H2,1-2H3. The highest BCUT2D eigenvalue weighted by molar-refractivity contribution is 6.36. The number of halogens is 4. The first-order valence-corrected chi connectivity index (χ1v) is 15.2. The molecule has 1 aliphatic heterocycles. The molecule has 6 aromatic rings. The fourth-order valence-corrected chi connectivity index (χ4v) is 6.29. The van der Waals surface area contributed by atoms with Crippen LogP contribution in [0.5, 0.6) is 0 Å². The number of hydrogen-bond donors (Lipinski definition) is 1. The van der Waals surface area contributed by atoms with Crippen LogP contribution >= 0.6 is 11.6 Å². The van der Waals surface area contributed by atoms with Crippen LogP contribution in [0.25, 0.3) is 16.6 Å². The van der Waals surface area contributed by atoms with Crippen molar-refractivity contribution in [3.8, 4) is 5.69 Å². The number of anilines is 1. The summed E-state index contributed by atoms with van der Waals surface area (Å²) >= 11 is 7.25. The van der Waals surface area contributed by atoms with Crippen LogP contribution in [0.2, 0.25) is 5.02 Å². The first kappa shape index (κ1) is 30.9. The molecule has 5 heterocycles. The highest BCUT2D eigenvalue weighted by atomic mass is 35.5. The third-order valence-electron chi connectivity index (χ3n) is 8.64. The Morgan fingerprint density at radius 2 is 1.79 bits per heavy atom. The average molecular weight is 660 g/mol. The molecule has 0 amide bonds. The second kappa shape index (κ2) is 11.8. The molecular formula is C34H29ClF3N7O2. The number of aliphatic hydroxyl groups is 1. The summed E-state index contributed by atoms with van der Waals surface area (Å²) in [5, 5.41) is 17.8. The summed E-state index contributed by atoms with van der Waals surface area (Å²) in [6, 6.07) is 17.1. The maximum atomic E-state index is 13.4. The van der Waals surface area contributed by atoms with E-state index in [1.807, 2.05) is 36.5 Å². The average Bonchev–Trinajstić information content (AvgIpc) is 3.74. The Labute approximate surface area is 272 Å². The zero-order valence-corrected chi connectivity index (χ0v) is 26.1. The fourth-order valence-electron chi connectivity index (χ4n) is 5.99. The predicted molar refractivity (Wildman–Crippen MR) is 171 cm³/mol. The van der Waals surface area contributed by atoms with Crippen LogP contribution in [0, 0.1) is 0 Å². The van der Waals surface area contributed by atoms with E-state index in [1.165, 1.54) is 18.6 Å². The number of alkyl halides is 3. The van der Waals surface area contributed by atoms with Gasteiger partial charge in [-0.2, -0.15) is 18.3 Å². The molecule has 0 saturated carbocycles. The normalized spacial score (nSPS) is 15.2. The SMILES string of the molecule is COC1CN(c2nc3ccc(C(O)(c4ccc(C(F)(F)F)nc4)c4cncn4C)cc3c(Cl)c2Cc2ccc(-n3cccn3)cc2)C1. The number of methoxy groups -OCH3 is 1. The van der Waals surface area contributed by atoms with Crippen molar-refractivity contribution in [2.24, 2.45) is 7.05 Å². The van der Waals surface area contributed by atoms with Gasteiger partial charge in [0.2, 0.25) is 0 Å². The van der Waals surface area contributed by atoms with Crippen molar-refractivity contribution in [2.45, 2.75) is 24.3 Å². The number of pyridine rings is 2. The molecule has 1 atom stereocenters. The number of benzene rings is 2. The third kappa shape index (κ3) is 5.52. The Bertz CT molecular complexity index is 2040. The molecule has 1 saturated heterocycles. The van der Waals surface area contributed by atoms with Crippen molar-refractivity contribution in [3.63, 3.8) is 0 Å². The Kier molecular flexibility index (Phi) is 7.74. The highest BCUT2D eigenvalue weighted by Gasteiger charge is 2.39. The largest absolute Gasteiger partial charge is 0.433 e. The summed E-state index contributed by atoms with van der Waals surface area (Å²) in [5.41, 5.74) is 1.20. The lowest BCUT2D eigenvalue weighted by Crippen LogP contribution is -2.52. The molecule has 0 spiro atoms. The Morgan fingerprint density at radius 1 is 1.02 bits per heavy atom. The lowest BCUT2D eigenvalue weighted by molar-refractivity contribution is -0.141. The quantitative estimate of drug-likeness (QED) is 0.217. The van der Waals surface area contributed by atoms with E-state index in [-0.39, 0.29) is 11.7 Å². The van der Waals surface area contributed by atoms with Crippen molar-refractivity contribution in [3.05, 3.63) is 130 Å². The Morgan fingerprint density at radius 3 is 2.40 bits per heavy atom. The molecule has 7 rings (SSSR count). The van der Waals surface area contributed by atoms with E-state index < -0.39 is 17.5 Å². The lowest BCUT2D eigenvalue weighted by atomic mass is 9.83. The van der Waals surface area contributed by atoms with Crippen LogP contribution in [-0.2, 0) is 30.0 Å². The number of nitrogens with zero attached hydrogens (tertiary/aromatic N) is 7. The highest BCUT2D eigenvalue weighted by Crippen LogP contribution is 2.42. The van der Waals surface area contributed by atoms with Gasteiger partial charge in [-0.1, -0.05) is 35.9 Å². The zero-order chi connectivity index (χ0) is 32.9. The van der Waals surface area contributed by atoms with Gasteiger partial charge >= 0.3 is 6.18 Å². The van der Waals surface area contributed by atoms with E-state index in [9.17, 15) is 18.3 Å². The molecule has 9 nitrogen and oxygen atoms in total.